The van der Waals surface area contributed by atoms with Crippen molar-refractivity contribution in [1.29, 1.82) is 0 Å². The molecule has 1 rings (SSSR count). The number of carbonyl (C=O) groups excluding carboxylic acids is 1. The van der Waals surface area contributed by atoms with E-state index in [1.807, 2.05) is 41.5 Å². The van der Waals surface area contributed by atoms with Crippen molar-refractivity contribution in [3.8, 4) is 0 Å². The van der Waals surface area contributed by atoms with Gasteiger partial charge in [-0.25, -0.2) is 4.39 Å². The Morgan fingerprint density at radius 2 is 1.58 bits per heavy atom. The number of hydrogen-bond donors (Lipinski definition) is 1. The first-order valence-corrected chi connectivity index (χ1v) is 17.5. The molecule has 1 aromatic carbocycles. The third kappa shape index (κ3) is 9.20. The predicted molar refractivity (Wildman–Crippen MR) is 151 cm³/mol. The molecule has 1 aromatic rings. The average Bonchev–Trinajstić information content (AvgIpc) is 2.71. The molecule has 0 aromatic heterocycles. The number of carbonyl (C=O) groups is 1. The van der Waals surface area contributed by atoms with E-state index in [9.17, 15) is 17.9 Å². The molecule has 0 amide bonds. The van der Waals surface area contributed by atoms with Gasteiger partial charge in [0.05, 0.1) is 30.9 Å². The Morgan fingerprint density at radius 1 is 1.08 bits per heavy atom. The van der Waals surface area contributed by atoms with Crippen LogP contribution in [0, 0.1) is 5.82 Å². The normalized spacial score (nSPS) is 17.7. The van der Waals surface area contributed by atoms with Crippen molar-refractivity contribution in [2.45, 2.75) is 114 Å². The molecule has 0 aliphatic carbocycles. The molecule has 6 nitrogen and oxygen atoms in total. The van der Waals surface area contributed by atoms with E-state index < -0.39 is 69.2 Å². The molecule has 0 fully saturated rings. The van der Waals surface area contributed by atoms with E-state index in [0.29, 0.717) is 5.56 Å². The molecular formula is C26H46FNO5S2Si. The summed E-state index contributed by atoms with van der Waals surface area (Å²) in [6.45, 7) is 21.5. The smallest absolute Gasteiger partial charge is 0.308 e. The summed E-state index contributed by atoms with van der Waals surface area (Å²) in [6, 6.07) is 5.05. The molecular weight excluding hydrogens is 518 g/mol. The fraction of sp³-hybridized carbons (Fsp3) is 0.731. The maximum absolute atomic E-state index is 14.1. The molecule has 5 atom stereocenters. The van der Waals surface area contributed by atoms with E-state index in [2.05, 4.69) is 38.6 Å². The van der Waals surface area contributed by atoms with Gasteiger partial charge in [-0.05, 0) is 77.4 Å². The van der Waals surface area contributed by atoms with E-state index in [4.69, 9.17) is 9.16 Å². The largest absolute Gasteiger partial charge is 0.598 e. The van der Waals surface area contributed by atoms with Crippen LogP contribution in [0.4, 0.5) is 4.39 Å². The summed E-state index contributed by atoms with van der Waals surface area (Å²) in [7, 11) is -2.67. The minimum Gasteiger partial charge on any atom is -0.598 e. The van der Waals surface area contributed by atoms with Crippen molar-refractivity contribution in [1.82, 2.24) is 4.72 Å². The SMILES string of the molecule is COC(=O)C[C@H](O[Si](C)(C)C(C)(C)C)C(N[S+]([O-])C(C)(C)C)C(c1ccc(F)cc1)[S@@](=O)C(C)(C)C. The number of halogens is 1. The van der Waals surface area contributed by atoms with Crippen molar-refractivity contribution < 1.29 is 27.1 Å². The maximum Gasteiger partial charge on any atom is 0.308 e. The van der Waals surface area contributed by atoms with E-state index in [1.54, 1.807) is 12.1 Å². The van der Waals surface area contributed by atoms with Crippen molar-refractivity contribution in [3.05, 3.63) is 35.6 Å². The van der Waals surface area contributed by atoms with Crippen LogP contribution in [-0.4, -0.2) is 51.8 Å². The molecule has 0 saturated carbocycles. The first-order chi connectivity index (χ1) is 16.1. The Kier molecular flexibility index (Phi) is 11.4. The third-order valence-electron chi connectivity index (χ3n) is 6.41. The molecule has 0 bridgehead atoms. The van der Waals surface area contributed by atoms with Crippen LogP contribution in [0.3, 0.4) is 0 Å². The number of nitrogens with one attached hydrogen (secondary N) is 1. The zero-order valence-corrected chi connectivity index (χ0v) is 26.6. The van der Waals surface area contributed by atoms with Gasteiger partial charge < -0.3 is 13.7 Å². The van der Waals surface area contributed by atoms with E-state index in [-0.39, 0.29) is 11.5 Å². The molecule has 1 N–H and O–H groups in total. The Hall–Kier alpha value is -0.783. The molecule has 0 aliphatic rings. The highest BCUT2D eigenvalue weighted by molar-refractivity contribution is 7.91. The summed E-state index contributed by atoms with van der Waals surface area (Å²) in [5.41, 5.74) is 0.613. The van der Waals surface area contributed by atoms with Crippen molar-refractivity contribution in [2.75, 3.05) is 7.11 Å². The van der Waals surface area contributed by atoms with Gasteiger partial charge in [-0.1, -0.05) is 32.9 Å². The van der Waals surface area contributed by atoms with E-state index >= 15 is 0 Å². The van der Waals surface area contributed by atoms with Crippen molar-refractivity contribution >= 4 is 36.4 Å². The lowest BCUT2D eigenvalue weighted by Crippen LogP contribution is -2.58. The summed E-state index contributed by atoms with van der Waals surface area (Å²) in [6.07, 6.45) is -0.896. The van der Waals surface area contributed by atoms with Crippen LogP contribution in [0.5, 0.6) is 0 Å². The van der Waals surface area contributed by atoms with Gasteiger partial charge >= 0.3 is 5.97 Å². The quantitative estimate of drug-likeness (QED) is 0.220. The summed E-state index contributed by atoms with van der Waals surface area (Å²) in [4.78, 5) is 12.6. The van der Waals surface area contributed by atoms with Crippen LogP contribution in [-0.2, 0) is 36.1 Å². The third-order valence-corrected chi connectivity index (χ3v) is 14.7. The molecule has 208 valence electrons. The van der Waals surface area contributed by atoms with E-state index in [1.165, 1.54) is 19.2 Å². The second kappa shape index (κ2) is 12.4. The van der Waals surface area contributed by atoms with Gasteiger partial charge in [0.1, 0.15) is 10.6 Å². The van der Waals surface area contributed by atoms with Crippen LogP contribution in [0.1, 0.15) is 79.5 Å². The standard InChI is InChI=1S/C26H46FNO5S2Si/c1-24(2,3)34(30)23(18-13-15-19(27)16-14-18)22(28-35(31)25(4,5)6)20(17-21(29)32-10)33-36(11,12)26(7,8)9/h13-16,20,22-23,28H,17H2,1-12H3/t20-,22?,23?,34+,35?/m0/s1. The molecule has 0 radical (unpaired) electrons. The highest BCUT2D eigenvalue weighted by Crippen LogP contribution is 2.41. The van der Waals surface area contributed by atoms with Gasteiger partial charge in [0.2, 0.25) is 0 Å². The molecule has 0 heterocycles. The maximum atomic E-state index is 14.1. The van der Waals surface area contributed by atoms with Gasteiger partial charge in [-0.3, -0.25) is 9.00 Å². The number of hydrogen-bond acceptors (Lipinski definition) is 6. The van der Waals surface area contributed by atoms with Crippen LogP contribution in [0.2, 0.25) is 18.1 Å². The number of benzene rings is 1. The summed E-state index contributed by atoms with van der Waals surface area (Å²) in [5.74, 6) is -0.892. The molecule has 0 aliphatic heterocycles. The Balaban J connectivity index is 3.85. The monoisotopic (exact) mass is 563 g/mol. The van der Waals surface area contributed by atoms with Crippen molar-refractivity contribution in [3.63, 3.8) is 0 Å². The van der Waals surface area contributed by atoms with E-state index in [0.717, 1.165) is 0 Å². The first-order valence-electron chi connectivity index (χ1n) is 12.2. The zero-order valence-electron chi connectivity index (χ0n) is 24.0. The number of rotatable bonds is 10. The lowest BCUT2D eigenvalue weighted by molar-refractivity contribution is -0.142. The topological polar surface area (TPSA) is 87.7 Å². The molecule has 10 heteroatoms. The minimum atomic E-state index is -2.45. The lowest BCUT2D eigenvalue weighted by Gasteiger charge is -2.44. The number of esters is 1. The fourth-order valence-corrected chi connectivity index (χ4v) is 7.17. The fourth-order valence-electron chi connectivity index (χ4n) is 3.18. The second-order valence-corrected chi connectivity index (χ2v) is 21.7. The Bertz CT molecular complexity index is 892. The van der Waals surface area contributed by atoms with Crippen LogP contribution in [0.25, 0.3) is 0 Å². The summed E-state index contributed by atoms with van der Waals surface area (Å²) >= 11 is -1.57. The number of methoxy groups -OCH3 is 1. The minimum absolute atomic E-state index is 0.110. The van der Waals surface area contributed by atoms with Crippen molar-refractivity contribution in [2.24, 2.45) is 0 Å². The van der Waals surface area contributed by atoms with Gasteiger partial charge in [-0.2, -0.15) is 0 Å². The molecule has 0 saturated heterocycles. The highest BCUT2D eigenvalue weighted by Gasteiger charge is 2.48. The molecule has 36 heavy (non-hydrogen) atoms. The Morgan fingerprint density at radius 3 is 1.97 bits per heavy atom. The van der Waals surface area contributed by atoms with Gasteiger partial charge in [-0.15, -0.1) is 4.72 Å². The zero-order chi connectivity index (χ0) is 28.3. The number of ether oxygens (including phenoxy) is 1. The van der Waals surface area contributed by atoms with Gasteiger partial charge in [0.25, 0.3) is 0 Å². The summed E-state index contributed by atoms with van der Waals surface area (Å²) in [5, 5.41) is -0.916. The van der Waals surface area contributed by atoms with Crippen LogP contribution >= 0.6 is 0 Å². The molecule has 0 spiro atoms. The predicted octanol–water partition coefficient (Wildman–Crippen LogP) is 5.79. The Labute approximate surface area is 224 Å². The average molecular weight is 564 g/mol. The van der Waals surface area contributed by atoms with Crippen LogP contribution in [0.15, 0.2) is 24.3 Å². The summed E-state index contributed by atoms with van der Waals surface area (Å²) < 4.78 is 55.0. The molecule has 3 unspecified atom stereocenters. The highest BCUT2D eigenvalue weighted by atomic mass is 32.2. The lowest BCUT2D eigenvalue weighted by atomic mass is 9.99. The first kappa shape index (κ1) is 33.2. The van der Waals surface area contributed by atoms with Crippen LogP contribution < -0.4 is 4.72 Å². The van der Waals surface area contributed by atoms with Gasteiger partial charge in [0.15, 0.2) is 8.32 Å². The second-order valence-electron chi connectivity index (χ2n) is 12.6. The van der Waals surface area contributed by atoms with Gasteiger partial charge in [0, 0.05) is 26.9 Å².